The van der Waals surface area contributed by atoms with Crippen molar-refractivity contribution in [2.75, 3.05) is 6.54 Å². The molecular weight excluding hydrogens is 205 g/mol. The van der Waals surface area contributed by atoms with Crippen molar-refractivity contribution in [3.63, 3.8) is 0 Å². The van der Waals surface area contributed by atoms with Gasteiger partial charge in [-0.05, 0) is 36.6 Å². The Labute approximate surface area is 96.5 Å². The lowest BCUT2D eigenvalue weighted by molar-refractivity contribution is 0.160. The van der Waals surface area contributed by atoms with Crippen LogP contribution in [0.1, 0.15) is 30.9 Å². The lowest BCUT2D eigenvalue weighted by Crippen LogP contribution is -2.26. The van der Waals surface area contributed by atoms with Gasteiger partial charge in [0.2, 0.25) is 0 Å². The summed E-state index contributed by atoms with van der Waals surface area (Å²) in [6, 6.07) is 4.77. The molecule has 1 rings (SSSR count). The molecule has 0 aromatic heterocycles. The summed E-state index contributed by atoms with van der Waals surface area (Å²) in [5, 5.41) is 12.7. The Hall–Kier alpha value is -0.930. The first kappa shape index (κ1) is 13.1. The average Bonchev–Trinajstić information content (AvgIpc) is 2.22. The topological polar surface area (TPSA) is 32.3 Å². The first-order valence-corrected chi connectivity index (χ1v) is 5.77. The van der Waals surface area contributed by atoms with Crippen molar-refractivity contribution in [3.05, 3.63) is 35.1 Å². The second-order valence-corrected chi connectivity index (χ2v) is 4.14. The van der Waals surface area contributed by atoms with Gasteiger partial charge in [0, 0.05) is 13.1 Å². The standard InChI is InChI=1S/C13H20FNO/c1-3-4-13(16)9-15-8-11-5-6-12(14)7-10(11)2/h5-7,13,15-16H,3-4,8-9H2,1-2H3. The van der Waals surface area contributed by atoms with Crippen molar-refractivity contribution >= 4 is 0 Å². The van der Waals surface area contributed by atoms with Crippen molar-refractivity contribution in [2.45, 2.75) is 39.3 Å². The molecule has 2 nitrogen and oxygen atoms in total. The van der Waals surface area contributed by atoms with E-state index in [9.17, 15) is 9.50 Å². The first-order chi connectivity index (χ1) is 7.63. The first-order valence-electron chi connectivity index (χ1n) is 5.77. The van der Waals surface area contributed by atoms with Gasteiger partial charge in [0.25, 0.3) is 0 Å². The van der Waals surface area contributed by atoms with Gasteiger partial charge in [0.05, 0.1) is 6.10 Å². The molecule has 0 heterocycles. The summed E-state index contributed by atoms with van der Waals surface area (Å²) in [6.45, 7) is 5.20. The zero-order valence-electron chi connectivity index (χ0n) is 9.96. The van der Waals surface area contributed by atoms with E-state index >= 15 is 0 Å². The number of aliphatic hydroxyl groups excluding tert-OH is 1. The van der Waals surface area contributed by atoms with Crippen molar-refractivity contribution < 1.29 is 9.50 Å². The maximum Gasteiger partial charge on any atom is 0.123 e. The number of halogens is 1. The lowest BCUT2D eigenvalue weighted by Gasteiger charge is -2.11. The zero-order valence-corrected chi connectivity index (χ0v) is 9.96. The lowest BCUT2D eigenvalue weighted by atomic mass is 10.1. The molecule has 0 aliphatic carbocycles. The number of aliphatic hydroxyl groups is 1. The summed E-state index contributed by atoms with van der Waals surface area (Å²) >= 11 is 0. The molecule has 1 unspecified atom stereocenters. The van der Waals surface area contributed by atoms with E-state index in [0.717, 1.165) is 24.0 Å². The molecule has 16 heavy (non-hydrogen) atoms. The van der Waals surface area contributed by atoms with Crippen molar-refractivity contribution in [1.82, 2.24) is 5.32 Å². The Balaban J connectivity index is 2.37. The van der Waals surface area contributed by atoms with Crippen molar-refractivity contribution in [3.8, 4) is 0 Å². The van der Waals surface area contributed by atoms with Crippen LogP contribution in [0.5, 0.6) is 0 Å². The van der Waals surface area contributed by atoms with E-state index in [1.54, 1.807) is 6.07 Å². The van der Waals surface area contributed by atoms with Gasteiger partial charge in [-0.3, -0.25) is 0 Å². The molecule has 2 N–H and O–H groups in total. The summed E-state index contributed by atoms with van der Waals surface area (Å²) in [5.74, 6) is -0.202. The fourth-order valence-corrected chi connectivity index (χ4v) is 1.67. The molecule has 0 radical (unpaired) electrons. The van der Waals surface area contributed by atoms with Crippen LogP contribution in [0.25, 0.3) is 0 Å². The predicted molar refractivity (Wildman–Crippen MR) is 63.8 cm³/mol. The number of aryl methyl sites for hydroxylation is 1. The number of rotatable bonds is 6. The highest BCUT2D eigenvalue weighted by Gasteiger charge is 2.03. The third-order valence-corrected chi connectivity index (χ3v) is 2.62. The van der Waals surface area contributed by atoms with Gasteiger partial charge in [-0.2, -0.15) is 0 Å². The predicted octanol–water partition coefficient (Wildman–Crippen LogP) is 2.38. The Morgan fingerprint density at radius 1 is 1.44 bits per heavy atom. The smallest absolute Gasteiger partial charge is 0.123 e. The van der Waals surface area contributed by atoms with Gasteiger partial charge < -0.3 is 10.4 Å². The largest absolute Gasteiger partial charge is 0.392 e. The van der Waals surface area contributed by atoms with E-state index in [-0.39, 0.29) is 11.9 Å². The van der Waals surface area contributed by atoms with Crippen molar-refractivity contribution in [1.29, 1.82) is 0 Å². The maximum absolute atomic E-state index is 12.8. The van der Waals surface area contributed by atoms with Crippen LogP contribution in [-0.2, 0) is 6.54 Å². The zero-order chi connectivity index (χ0) is 12.0. The van der Waals surface area contributed by atoms with E-state index in [1.807, 2.05) is 13.8 Å². The van der Waals surface area contributed by atoms with Crippen LogP contribution in [0, 0.1) is 12.7 Å². The summed E-state index contributed by atoms with van der Waals surface area (Å²) < 4.78 is 12.8. The number of hydrogen-bond donors (Lipinski definition) is 2. The molecule has 1 aromatic carbocycles. The summed E-state index contributed by atoms with van der Waals surface area (Å²) in [6.07, 6.45) is 1.51. The molecule has 0 saturated carbocycles. The van der Waals surface area contributed by atoms with Gasteiger partial charge in [-0.25, -0.2) is 4.39 Å². The highest BCUT2D eigenvalue weighted by Crippen LogP contribution is 2.09. The summed E-state index contributed by atoms with van der Waals surface area (Å²) in [5.41, 5.74) is 2.02. The number of nitrogens with one attached hydrogen (secondary N) is 1. The van der Waals surface area contributed by atoms with E-state index in [2.05, 4.69) is 5.32 Å². The third kappa shape index (κ3) is 4.29. The highest BCUT2D eigenvalue weighted by molar-refractivity contribution is 5.26. The monoisotopic (exact) mass is 225 g/mol. The Morgan fingerprint density at radius 3 is 2.81 bits per heavy atom. The molecule has 1 atom stereocenters. The Morgan fingerprint density at radius 2 is 2.19 bits per heavy atom. The van der Waals surface area contributed by atoms with Gasteiger partial charge in [0.1, 0.15) is 5.82 Å². The number of hydrogen-bond acceptors (Lipinski definition) is 2. The molecule has 3 heteroatoms. The fraction of sp³-hybridized carbons (Fsp3) is 0.538. The SMILES string of the molecule is CCCC(O)CNCc1ccc(F)cc1C. The minimum atomic E-state index is -0.286. The van der Waals surface area contributed by atoms with Crippen LogP contribution < -0.4 is 5.32 Å². The normalized spacial score (nSPS) is 12.8. The molecule has 0 spiro atoms. The van der Waals surface area contributed by atoms with Crippen LogP contribution in [0.2, 0.25) is 0 Å². The Kier molecular flexibility index (Phi) is 5.43. The quantitative estimate of drug-likeness (QED) is 0.779. The minimum Gasteiger partial charge on any atom is -0.392 e. The molecule has 0 saturated heterocycles. The second-order valence-electron chi connectivity index (χ2n) is 4.14. The fourth-order valence-electron chi connectivity index (χ4n) is 1.67. The second kappa shape index (κ2) is 6.61. The van der Waals surface area contributed by atoms with Gasteiger partial charge >= 0.3 is 0 Å². The van der Waals surface area contributed by atoms with Crippen LogP contribution >= 0.6 is 0 Å². The summed E-state index contributed by atoms with van der Waals surface area (Å²) in [7, 11) is 0. The molecule has 0 aliphatic rings. The van der Waals surface area contributed by atoms with E-state index in [4.69, 9.17) is 0 Å². The molecule has 0 aliphatic heterocycles. The number of benzene rings is 1. The molecular formula is C13H20FNO. The van der Waals surface area contributed by atoms with E-state index in [0.29, 0.717) is 13.1 Å². The van der Waals surface area contributed by atoms with E-state index < -0.39 is 0 Å². The molecule has 0 bridgehead atoms. The summed E-state index contributed by atoms with van der Waals surface area (Å²) in [4.78, 5) is 0. The third-order valence-electron chi connectivity index (χ3n) is 2.62. The average molecular weight is 225 g/mol. The highest BCUT2D eigenvalue weighted by atomic mass is 19.1. The van der Waals surface area contributed by atoms with Crippen molar-refractivity contribution in [2.24, 2.45) is 0 Å². The van der Waals surface area contributed by atoms with Gasteiger partial charge in [0.15, 0.2) is 0 Å². The maximum atomic E-state index is 12.8. The molecule has 0 fully saturated rings. The molecule has 90 valence electrons. The minimum absolute atomic E-state index is 0.202. The van der Waals surface area contributed by atoms with Gasteiger partial charge in [-0.1, -0.05) is 19.4 Å². The van der Waals surface area contributed by atoms with E-state index in [1.165, 1.54) is 12.1 Å². The van der Waals surface area contributed by atoms with Gasteiger partial charge in [-0.15, -0.1) is 0 Å². The molecule has 0 amide bonds. The van der Waals surface area contributed by atoms with Crippen LogP contribution in [0.4, 0.5) is 4.39 Å². The Bertz CT molecular complexity index is 328. The van der Waals surface area contributed by atoms with Crippen LogP contribution in [0.3, 0.4) is 0 Å². The van der Waals surface area contributed by atoms with Crippen LogP contribution in [-0.4, -0.2) is 17.8 Å². The van der Waals surface area contributed by atoms with Crippen LogP contribution in [0.15, 0.2) is 18.2 Å². The molecule has 1 aromatic rings.